The summed E-state index contributed by atoms with van der Waals surface area (Å²) in [5.74, 6) is 1.50. The molecule has 2 rings (SSSR count). The summed E-state index contributed by atoms with van der Waals surface area (Å²) in [6.45, 7) is 4.59. The van der Waals surface area contributed by atoms with Crippen LogP contribution in [0.25, 0.3) is 0 Å². The molecule has 0 amide bonds. The summed E-state index contributed by atoms with van der Waals surface area (Å²) in [6.07, 6.45) is 5.96. The van der Waals surface area contributed by atoms with Crippen molar-refractivity contribution >= 4 is 11.6 Å². The molecule has 2 atom stereocenters. The first-order valence-corrected chi connectivity index (χ1v) is 7.43. The SMILES string of the molecule is CC(C)CC1CCCC(N)(c2ccccc2Cl)C1. The van der Waals surface area contributed by atoms with Crippen molar-refractivity contribution in [2.75, 3.05) is 0 Å². The van der Waals surface area contributed by atoms with Crippen LogP contribution in [-0.4, -0.2) is 0 Å². The highest BCUT2D eigenvalue weighted by atomic mass is 35.5. The summed E-state index contributed by atoms with van der Waals surface area (Å²) in [5, 5.41) is 0.824. The molecule has 1 aliphatic carbocycles. The second kappa shape index (κ2) is 5.63. The Morgan fingerprint density at radius 2 is 2.11 bits per heavy atom. The fourth-order valence-electron chi connectivity index (χ4n) is 3.40. The van der Waals surface area contributed by atoms with Crippen molar-refractivity contribution in [3.05, 3.63) is 34.9 Å². The van der Waals surface area contributed by atoms with Gasteiger partial charge in [0.2, 0.25) is 0 Å². The van der Waals surface area contributed by atoms with Gasteiger partial charge in [-0.05, 0) is 42.7 Å². The molecule has 0 bridgehead atoms. The Hall–Kier alpha value is -0.530. The summed E-state index contributed by atoms with van der Waals surface area (Å²) in [4.78, 5) is 0. The Balaban J connectivity index is 2.18. The number of nitrogens with two attached hydrogens (primary N) is 1. The molecule has 2 heteroatoms. The Bertz CT molecular complexity index is 402. The van der Waals surface area contributed by atoms with Gasteiger partial charge in [-0.1, -0.05) is 56.5 Å². The monoisotopic (exact) mass is 265 g/mol. The van der Waals surface area contributed by atoms with Gasteiger partial charge in [-0.25, -0.2) is 0 Å². The van der Waals surface area contributed by atoms with Crippen molar-refractivity contribution in [3.63, 3.8) is 0 Å². The van der Waals surface area contributed by atoms with E-state index in [4.69, 9.17) is 17.3 Å². The number of hydrogen-bond donors (Lipinski definition) is 1. The normalized spacial score (nSPS) is 28.6. The zero-order valence-corrected chi connectivity index (χ0v) is 12.2. The van der Waals surface area contributed by atoms with Crippen molar-refractivity contribution in [3.8, 4) is 0 Å². The van der Waals surface area contributed by atoms with Gasteiger partial charge in [-0.15, -0.1) is 0 Å². The first kappa shape index (κ1) is 13.9. The van der Waals surface area contributed by atoms with Crippen LogP contribution in [0.4, 0.5) is 0 Å². The molecule has 0 heterocycles. The van der Waals surface area contributed by atoms with Crippen molar-refractivity contribution in [1.82, 2.24) is 0 Å². The second-order valence-corrected chi connectivity index (χ2v) is 6.64. The quantitative estimate of drug-likeness (QED) is 0.840. The fraction of sp³-hybridized carbons (Fsp3) is 0.625. The van der Waals surface area contributed by atoms with E-state index in [0.29, 0.717) is 0 Å². The van der Waals surface area contributed by atoms with Gasteiger partial charge in [0, 0.05) is 10.6 Å². The summed E-state index contributed by atoms with van der Waals surface area (Å²) in [7, 11) is 0. The third-order valence-corrected chi connectivity index (χ3v) is 4.43. The predicted molar refractivity (Wildman–Crippen MR) is 78.7 cm³/mol. The molecular weight excluding hydrogens is 242 g/mol. The Morgan fingerprint density at radius 3 is 2.78 bits per heavy atom. The first-order valence-electron chi connectivity index (χ1n) is 7.05. The third-order valence-electron chi connectivity index (χ3n) is 4.10. The Labute approximate surface area is 116 Å². The molecule has 18 heavy (non-hydrogen) atoms. The van der Waals surface area contributed by atoms with E-state index in [2.05, 4.69) is 19.9 Å². The molecule has 0 aliphatic heterocycles. The van der Waals surface area contributed by atoms with Crippen LogP contribution in [0.2, 0.25) is 5.02 Å². The summed E-state index contributed by atoms with van der Waals surface area (Å²) in [6, 6.07) is 8.07. The van der Waals surface area contributed by atoms with Gasteiger partial charge in [0.05, 0.1) is 0 Å². The average Bonchev–Trinajstić information content (AvgIpc) is 2.28. The minimum Gasteiger partial charge on any atom is -0.321 e. The molecule has 2 N–H and O–H groups in total. The largest absolute Gasteiger partial charge is 0.321 e. The van der Waals surface area contributed by atoms with Gasteiger partial charge in [0.25, 0.3) is 0 Å². The van der Waals surface area contributed by atoms with Crippen LogP contribution >= 0.6 is 11.6 Å². The van der Waals surface area contributed by atoms with Crippen LogP contribution in [0.3, 0.4) is 0 Å². The predicted octanol–water partition coefficient (Wildman–Crippen LogP) is 4.73. The van der Waals surface area contributed by atoms with Crippen LogP contribution in [0.5, 0.6) is 0 Å². The lowest BCUT2D eigenvalue weighted by Gasteiger charge is -2.39. The minimum absolute atomic E-state index is 0.212. The highest BCUT2D eigenvalue weighted by molar-refractivity contribution is 6.31. The van der Waals surface area contributed by atoms with E-state index in [9.17, 15) is 0 Å². The van der Waals surface area contributed by atoms with E-state index in [1.807, 2.05) is 18.2 Å². The van der Waals surface area contributed by atoms with Gasteiger partial charge in [-0.2, -0.15) is 0 Å². The summed E-state index contributed by atoms with van der Waals surface area (Å²) >= 11 is 6.32. The topological polar surface area (TPSA) is 26.0 Å². The Morgan fingerprint density at radius 1 is 1.39 bits per heavy atom. The van der Waals surface area contributed by atoms with E-state index in [1.165, 1.54) is 19.3 Å². The molecule has 1 nitrogen and oxygen atoms in total. The molecule has 0 aromatic heterocycles. The van der Waals surface area contributed by atoms with Crippen molar-refractivity contribution in [2.45, 2.75) is 51.5 Å². The number of rotatable bonds is 3. The van der Waals surface area contributed by atoms with E-state index in [0.717, 1.165) is 35.3 Å². The maximum Gasteiger partial charge on any atom is 0.0456 e. The van der Waals surface area contributed by atoms with Gasteiger partial charge in [-0.3, -0.25) is 0 Å². The fourth-order valence-corrected chi connectivity index (χ4v) is 3.73. The molecule has 0 saturated heterocycles. The molecule has 100 valence electrons. The molecule has 1 saturated carbocycles. The zero-order valence-electron chi connectivity index (χ0n) is 11.5. The molecule has 1 aliphatic rings. The Kier molecular flexibility index (Phi) is 4.34. The highest BCUT2D eigenvalue weighted by Crippen LogP contribution is 2.42. The maximum absolute atomic E-state index is 6.66. The van der Waals surface area contributed by atoms with Gasteiger partial charge < -0.3 is 5.73 Å². The van der Waals surface area contributed by atoms with Crippen molar-refractivity contribution in [1.29, 1.82) is 0 Å². The van der Waals surface area contributed by atoms with Gasteiger partial charge in [0.1, 0.15) is 0 Å². The van der Waals surface area contributed by atoms with Gasteiger partial charge in [0.15, 0.2) is 0 Å². The smallest absolute Gasteiger partial charge is 0.0456 e. The zero-order chi connectivity index (χ0) is 13.2. The van der Waals surface area contributed by atoms with Crippen LogP contribution in [0.1, 0.15) is 51.5 Å². The maximum atomic E-state index is 6.66. The first-order chi connectivity index (χ1) is 8.51. The van der Waals surface area contributed by atoms with Crippen LogP contribution in [-0.2, 0) is 5.54 Å². The van der Waals surface area contributed by atoms with E-state index in [-0.39, 0.29) is 5.54 Å². The van der Waals surface area contributed by atoms with Crippen LogP contribution < -0.4 is 5.73 Å². The standard InChI is InChI=1S/C16H24ClN/c1-12(2)10-13-6-5-9-16(18,11-13)14-7-3-4-8-15(14)17/h3-4,7-8,12-13H,5-6,9-11,18H2,1-2H3. The lowest BCUT2D eigenvalue weighted by Crippen LogP contribution is -2.42. The second-order valence-electron chi connectivity index (χ2n) is 6.23. The molecular formula is C16H24ClN. The number of benzene rings is 1. The van der Waals surface area contributed by atoms with Crippen LogP contribution in [0, 0.1) is 11.8 Å². The summed E-state index contributed by atoms with van der Waals surface area (Å²) < 4.78 is 0. The molecule has 0 radical (unpaired) electrons. The molecule has 2 unspecified atom stereocenters. The molecule has 0 spiro atoms. The van der Waals surface area contributed by atoms with Crippen LogP contribution in [0.15, 0.2) is 24.3 Å². The summed E-state index contributed by atoms with van der Waals surface area (Å²) in [5.41, 5.74) is 7.59. The lowest BCUT2D eigenvalue weighted by atomic mass is 9.70. The highest BCUT2D eigenvalue weighted by Gasteiger charge is 2.35. The third kappa shape index (κ3) is 3.07. The molecule has 1 aromatic rings. The number of halogens is 1. The lowest BCUT2D eigenvalue weighted by molar-refractivity contribution is 0.202. The average molecular weight is 266 g/mol. The van der Waals surface area contributed by atoms with Gasteiger partial charge >= 0.3 is 0 Å². The molecule has 1 aromatic carbocycles. The number of hydrogen-bond acceptors (Lipinski definition) is 1. The molecule has 1 fully saturated rings. The minimum atomic E-state index is -0.212. The van der Waals surface area contributed by atoms with Crippen molar-refractivity contribution in [2.24, 2.45) is 17.6 Å². The van der Waals surface area contributed by atoms with E-state index in [1.54, 1.807) is 0 Å². The van der Waals surface area contributed by atoms with Crippen molar-refractivity contribution < 1.29 is 0 Å². The van der Waals surface area contributed by atoms with E-state index < -0.39 is 0 Å². The van der Waals surface area contributed by atoms with E-state index >= 15 is 0 Å².